The molecule has 17 heavy (non-hydrogen) atoms. The van der Waals surface area contributed by atoms with Gasteiger partial charge in [0.1, 0.15) is 11.9 Å². The van der Waals surface area contributed by atoms with E-state index in [2.05, 4.69) is 11.9 Å². The second kappa shape index (κ2) is 5.84. The minimum Gasteiger partial charge on any atom is -0.444 e. The third-order valence-electron chi connectivity index (χ3n) is 2.45. The molecule has 0 aromatic rings. The summed E-state index contributed by atoms with van der Waals surface area (Å²) in [5.41, 5.74) is -0.911. The Labute approximate surface area is 103 Å². The molecule has 98 valence electrons. The molecule has 1 atom stereocenters. The third kappa shape index (κ3) is 6.09. The molecule has 0 saturated heterocycles. The monoisotopic (exact) mass is 241 g/mol. The summed E-state index contributed by atoms with van der Waals surface area (Å²) in [5.74, 6) is 0. The van der Waals surface area contributed by atoms with Gasteiger partial charge in [0.2, 0.25) is 0 Å². The normalized spacial score (nSPS) is 13.7. The number of carbonyl (C=O) groups excluding carboxylic acids is 2. The second-order valence-corrected chi connectivity index (χ2v) is 5.63. The van der Waals surface area contributed by atoms with Crippen molar-refractivity contribution in [3.05, 3.63) is 12.7 Å². The zero-order valence-corrected chi connectivity index (χ0v) is 11.4. The number of rotatable bonds is 5. The molecule has 0 aliphatic carbocycles. The van der Waals surface area contributed by atoms with Crippen LogP contribution in [0.15, 0.2) is 12.7 Å². The molecule has 4 heteroatoms. The van der Waals surface area contributed by atoms with Crippen LogP contribution in [0, 0.1) is 5.41 Å². The Hall–Kier alpha value is -1.32. The highest BCUT2D eigenvalue weighted by molar-refractivity contribution is 5.69. The molecule has 0 heterocycles. The molecule has 0 aromatic carbocycles. The topological polar surface area (TPSA) is 55.4 Å². The highest BCUT2D eigenvalue weighted by Crippen LogP contribution is 2.24. The highest BCUT2D eigenvalue weighted by Gasteiger charge is 2.29. The number of nitrogens with one attached hydrogen (secondary N) is 1. The summed E-state index contributed by atoms with van der Waals surface area (Å²) in [6.07, 6.45) is 2.23. The molecule has 4 nitrogen and oxygen atoms in total. The number of hydrogen-bond acceptors (Lipinski definition) is 3. The van der Waals surface area contributed by atoms with Crippen LogP contribution in [-0.2, 0) is 9.53 Å². The number of carbonyl (C=O) groups is 2. The van der Waals surface area contributed by atoms with Crippen molar-refractivity contribution in [2.75, 3.05) is 0 Å². The SMILES string of the molecule is C=CC(C)(C)C(CC=O)NC(=O)OC(C)(C)C. The highest BCUT2D eigenvalue weighted by atomic mass is 16.6. The second-order valence-electron chi connectivity index (χ2n) is 5.63. The molecular weight excluding hydrogens is 218 g/mol. The van der Waals surface area contributed by atoms with E-state index >= 15 is 0 Å². The zero-order chi connectivity index (χ0) is 13.7. The molecule has 0 aliphatic heterocycles. The van der Waals surface area contributed by atoms with Gasteiger partial charge in [0.25, 0.3) is 0 Å². The number of alkyl carbamates (subject to hydrolysis) is 1. The van der Waals surface area contributed by atoms with E-state index in [4.69, 9.17) is 4.74 Å². The van der Waals surface area contributed by atoms with Gasteiger partial charge in [0, 0.05) is 17.9 Å². The lowest BCUT2D eigenvalue weighted by Crippen LogP contribution is -2.46. The van der Waals surface area contributed by atoms with Gasteiger partial charge in [-0.25, -0.2) is 4.79 Å². The van der Waals surface area contributed by atoms with E-state index in [0.29, 0.717) is 0 Å². The molecule has 0 radical (unpaired) electrons. The van der Waals surface area contributed by atoms with Gasteiger partial charge in [0.15, 0.2) is 0 Å². The van der Waals surface area contributed by atoms with Crippen LogP contribution in [0.3, 0.4) is 0 Å². The molecule has 0 fully saturated rings. The Kier molecular flexibility index (Phi) is 5.39. The summed E-state index contributed by atoms with van der Waals surface area (Å²) in [5, 5.41) is 2.70. The Bertz CT molecular complexity index is 290. The van der Waals surface area contributed by atoms with E-state index in [0.717, 1.165) is 6.29 Å². The molecule has 1 N–H and O–H groups in total. The van der Waals surface area contributed by atoms with Crippen molar-refractivity contribution in [2.45, 2.75) is 52.7 Å². The molecule has 0 aromatic heterocycles. The van der Waals surface area contributed by atoms with Crippen LogP contribution in [0.5, 0.6) is 0 Å². The van der Waals surface area contributed by atoms with Gasteiger partial charge in [-0.1, -0.05) is 19.9 Å². The van der Waals surface area contributed by atoms with Crippen molar-refractivity contribution in [1.29, 1.82) is 0 Å². The minimum absolute atomic E-state index is 0.234. The first-order chi connectivity index (χ1) is 7.62. The Morgan fingerprint density at radius 3 is 2.24 bits per heavy atom. The lowest BCUT2D eigenvalue weighted by atomic mass is 9.83. The summed E-state index contributed by atoms with van der Waals surface area (Å²) in [4.78, 5) is 22.2. The van der Waals surface area contributed by atoms with E-state index < -0.39 is 11.7 Å². The minimum atomic E-state index is -0.547. The van der Waals surface area contributed by atoms with Crippen molar-refractivity contribution < 1.29 is 14.3 Å². The van der Waals surface area contributed by atoms with E-state index in [1.807, 2.05) is 13.8 Å². The molecule has 1 unspecified atom stereocenters. The molecule has 0 saturated carbocycles. The Morgan fingerprint density at radius 2 is 1.88 bits per heavy atom. The number of hydrogen-bond donors (Lipinski definition) is 1. The van der Waals surface area contributed by atoms with Crippen LogP contribution in [-0.4, -0.2) is 24.0 Å². The summed E-state index contributed by atoms with van der Waals surface area (Å²) < 4.78 is 5.15. The predicted octanol–water partition coefficient (Wildman–Crippen LogP) is 2.68. The first-order valence-electron chi connectivity index (χ1n) is 5.69. The van der Waals surface area contributed by atoms with Gasteiger partial charge in [-0.05, 0) is 20.8 Å². The largest absolute Gasteiger partial charge is 0.444 e. The molecule has 0 aliphatic rings. The number of amides is 1. The smallest absolute Gasteiger partial charge is 0.407 e. The van der Waals surface area contributed by atoms with Crippen LogP contribution in [0.4, 0.5) is 4.79 Å². The van der Waals surface area contributed by atoms with Crippen molar-refractivity contribution in [3.8, 4) is 0 Å². The number of ether oxygens (including phenoxy) is 1. The van der Waals surface area contributed by atoms with Crippen LogP contribution < -0.4 is 5.32 Å². The summed E-state index contributed by atoms with van der Waals surface area (Å²) in [6, 6.07) is -0.313. The van der Waals surface area contributed by atoms with Crippen LogP contribution in [0.1, 0.15) is 41.0 Å². The molecule has 0 rings (SSSR count). The zero-order valence-electron chi connectivity index (χ0n) is 11.4. The summed E-state index contributed by atoms with van der Waals surface area (Å²) in [6.45, 7) is 12.9. The van der Waals surface area contributed by atoms with Crippen LogP contribution in [0.25, 0.3) is 0 Å². The van der Waals surface area contributed by atoms with Crippen molar-refractivity contribution >= 4 is 12.4 Å². The van der Waals surface area contributed by atoms with E-state index in [1.54, 1.807) is 26.8 Å². The van der Waals surface area contributed by atoms with E-state index in [-0.39, 0.29) is 17.9 Å². The fourth-order valence-electron chi connectivity index (χ4n) is 1.24. The first kappa shape index (κ1) is 15.7. The van der Waals surface area contributed by atoms with Gasteiger partial charge in [-0.3, -0.25) is 0 Å². The third-order valence-corrected chi connectivity index (χ3v) is 2.45. The Morgan fingerprint density at radius 1 is 1.35 bits per heavy atom. The number of aldehydes is 1. The van der Waals surface area contributed by atoms with Gasteiger partial charge in [-0.2, -0.15) is 0 Å². The van der Waals surface area contributed by atoms with Gasteiger partial charge >= 0.3 is 6.09 Å². The maximum atomic E-state index is 11.6. The maximum Gasteiger partial charge on any atom is 0.407 e. The van der Waals surface area contributed by atoms with Gasteiger partial charge in [-0.15, -0.1) is 6.58 Å². The van der Waals surface area contributed by atoms with Crippen molar-refractivity contribution in [2.24, 2.45) is 5.41 Å². The fourth-order valence-corrected chi connectivity index (χ4v) is 1.24. The lowest BCUT2D eigenvalue weighted by Gasteiger charge is -2.31. The molecule has 0 bridgehead atoms. The summed E-state index contributed by atoms with van der Waals surface area (Å²) in [7, 11) is 0. The molecule has 0 spiro atoms. The standard InChI is InChI=1S/C13H23NO3/c1-7-13(5,6)10(8-9-15)14-11(16)17-12(2,3)4/h7,9-10H,1,8H2,2-6H3,(H,14,16). The first-order valence-corrected chi connectivity index (χ1v) is 5.69. The van der Waals surface area contributed by atoms with E-state index in [1.165, 1.54) is 0 Å². The molecular formula is C13H23NO3. The summed E-state index contributed by atoms with van der Waals surface area (Å²) >= 11 is 0. The predicted molar refractivity (Wildman–Crippen MR) is 67.8 cm³/mol. The fraction of sp³-hybridized carbons (Fsp3) is 0.692. The van der Waals surface area contributed by atoms with Crippen molar-refractivity contribution in [1.82, 2.24) is 5.32 Å². The lowest BCUT2D eigenvalue weighted by molar-refractivity contribution is -0.108. The Balaban J connectivity index is 4.61. The van der Waals surface area contributed by atoms with Crippen LogP contribution >= 0.6 is 0 Å². The van der Waals surface area contributed by atoms with Gasteiger partial charge < -0.3 is 14.8 Å². The van der Waals surface area contributed by atoms with E-state index in [9.17, 15) is 9.59 Å². The average molecular weight is 241 g/mol. The maximum absolute atomic E-state index is 11.6. The van der Waals surface area contributed by atoms with Gasteiger partial charge in [0.05, 0.1) is 0 Å². The average Bonchev–Trinajstić information content (AvgIpc) is 2.14. The quantitative estimate of drug-likeness (QED) is 0.594. The van der Waals surface area contributed by atoms with Crippen molar-refractivity contribution in [3.63, 3.8) is 0 Å². The van der Waals surface area contributed by atoms with Crippen LogP contribution in [0.2, 0.25) is 0 Å². The molecule has 1 amide bonds.